The molecule has 0 aromatic heterocycles. The average molecular weight is 397 g/mol. The minimum Gasteiger partial charge on any atom is -0.353 e. The largest absolute Gasteiger partial charge is 0.353 e. The summed E-state index contributed by atoms with van der Waals surface area (Å²) in [6.07, 6.45) is 1.84. The van der Waals surface area contributed by atoms with Crippen molar-refractivity contribution in [2.24, 2.45) is 10.9 Å². The predicted octanol–water partition coefficient (Wildman–Crippen LogP) is 4.37. The lowest BCUT2D eigenvalue weighted by Crippen LogP contribution is -2.51. The van der Waals surface area contributed by atoms with Gasteiger partial charge in [-0.1, -0.05) is 43.3 Å². The number of piperidine rings is 1. The first-order valence-electron chi connectivity index (χ1n) is 9.38. The van der Waals surface area contributed by atoms with Crippen LogP contribution in [0.2, 0.25) is 0 Å². The van der Waals surface area contributed by atoms with Gasteiger partial charge in [0.2, 0.25) is 0 Å². The van der Waals surface area contributed by atoms with Crippen molar-refractivity contribution in [2.45, 2.75) is 13.0 Å². The molecule has 144 valence electrons. The fourth-order valence-corrected chi connectivity index (χ4v) is 4.17. The summed E-state index contributed by atoms with van der Waals surface area (Å²) in [5.74, 6) is -0.615. The Morgan fingerprint density at radius 2 is 1.86 bits per heavy atom. The van der Waals surface area contributed by atoms with Crippen molar-refractivity contribution in [1.82, 2.24) is 10.2 Å². The van der Waals surface area contributed by atoms with Crippen LogP contribution in [0, 0.1) is 17.6 Å². The SMILES string of the molecule is CCN1C/C(=C\c2ccccc2F)C2=NC(=S)NC(c3ccccc3F)C2C1. The lowest BCUT2D eigenvalue weighted by Gasteiger charge is -2.42. The van der Waals surface area contributed by atoms with Crippen LogP contribution in [-0.2, 0) is 0 Å². The van der Waals surface area contributed by atoms with Gasteiger partial charge in [0.15, 0.2) is 5.11 Å². The molecule has 1 saturated heterocycles. The van der Waals surface area contributed by atoms with E-state index in [-0.39, 0.29) is 23.6 Å². The molecule has 0 bridgehead atoms. The summed E-state index contributed by atoms with van der Waals surface area (Å²) in [5, 5.41) is 3.53. The van der Waals surface area contributed by atoms with Gasteiger partial charge in [-0.2, -0.15) is 0 Å². The lowest BCUT2D eigenvalue weighted by molar-refractivity contribution is 0.251. The molecule has 0 aliphatic carbocycles. The topological polar surface area (TPSA) is 27.6 Å². The highest BCUT2D eigenvalue weighted by Crippen LogP contribution is 2.35. The molecule has 2 aromatic rings. The number of nitrogens with zero attached hydrogens (tertiary/aromatic N) is 2. The predicted molar refractivity (Wildman–Crippen MR) is 112 cm³/mol. The molecule has 0 radical (unpaired) electrons. The zero-order valence-corrected chi connectivity index (χ0v) is 16.3. The van der Waals surface area contributed by atoms with E-state index in [1.807, 2.05) is 18.2 Å². The van der Waals surface area contributed by atoms with Gasteiger partial charge >= 0.3 is 0 Å². The summed E-state index contributed by atoms with van der Waals surface area (Å²) in [5.41, 5.74) is 2.84. The highest BCUT2D eigenvalue weighted by molar-refractivity contribution is 7.80. The van der Waals surface area contributed by atoms with E-state index in [2.05, 4.69) is 22.1 Å². The van der Waals surface area contributed by atoms with Crippen LogP contribution in [0.4, 0.5) is 8.78 Å². The second-order valence-corrected chi connectivity index (χ2v) is 7.46. The van der Waals surface area contributed by atoms with Gasteiger partial charge < -0.3 is 5.32 Å². The number of thiocarbonyl (C=S) groups is 1. The van der Waals surface area contributed by atoms with Gasteiger partial charge in [-0.25, -0.2) is 13.8 Å². The van der Waals surface area contributed by atoms with Crippen molar-refractivity contribution >= 4 is 29.1 Å². The van der Waals surface area contributed by atoms with Crippen LogP contribution in [0.3, 0.4) is 0 Å². The molecule has 2 heterocycles. The van der Waals surface area contributed by atoms with Gasteiger partial charge in [0.05, 0.1) is 11.8 Å². The number of fused-ring (bicyclic) bond motifs is 1. The van der Waals surface area contributed by atoms with E-state index in [0.29, 0.717) is 22.8 Å². The minimum atomic E-state index is -0.306. The molecule has 0 saturated carbocycles. The van der Waals surface area contributed by atoms with Gasteiger partial charge in [-0.15, -0.1) is 0 Å². The van der Waals surface area contributed by atoms with E-state index in [1.54, 1.807) is 24.3 Å². The molecule has 3 nitrogen and oxygen atoms in total. The van der Waals surface area contributed by atoms with Crippen LogP contribution >= 0.6 is 12.2 Å². The summed E-state index contributed by atoms with van der Waals surface area (Å²) in [6.45, 7) is 4.32. The van der Waals surface area contributed by atoms with Gasteiger partial charge in [-0.3, -0.25) is 4.90 Å². The maximum atomic E-state index is 14.5. The van der Waals surface area contributed by atoms with Crippen molar-refractivity contribution in [3.63, 3.8) is 0 Å². The van der Waals surface area contributed by atoms with Crippen LogP contribution in [-0.4, -0.2) is 35.4 Å². The summed E-state index contributed by atoms with van der Waals surface area (Å²) in [7, 11) is 0. The number of rotatable bonds is 3. The van der Waals surface area contributed by atoms with Gasteiger partial charge in [-0.05, 0) is 42.5 Å². The zero-order chi connectivity index (χ0) is 19.7. The van der Waals surface area contributed by atoms with Crippen LogP contribution in [0.15, 0.2) is 59.1 Å². The number of benzene rings is 2. The molecule has 28 heavy (non-hydrogen) atoms. The van der Waals surface area contributed by atoms with E-state index in [0.717, 1.165) is 24.4 Å². The molecular formula is C22H21F2N3S. The molecule has 2 unspecified atom stereocenters. The van der Waals surface area contributed by atoms with Crippen molar-refractivity contribution < 1.29 is 8.78 Å². The second kappa shape index (κ2) is 7.89. The zero-order valence-electron chi connectivity index (χ0n) is 15.5. The van der Waals surface area contributed by atoms with Gasteiger partial charge in [0, 0.05) is 30.1 Å². The number of nitrogens with one attached hydrogen (secondary N) is 1. The molecule has 0 amide bonds. The first kappa shape index (κ1) is 18.9. The Balaban J connectivity index is 1.79. The molecule has 6 heteroatoms. The molecule has 2 aliphatic rings. The Bertz CT molecular complexity index is 970. The molecule has 1 N–H and O–H groups in total. The smallest absolute Gasteiger partial charge is 0.193 e. The minimum absolute atomic E-state index is 0.0738. The number of hydrogen-bond acceptors (Lipinski definition) is 2. The maximum absolute atomic E-state index is 14.5. The fourth-order valence-electron chi connectivity index (χ4n) is 3.94. The Labute approximate surface area is 168 Å². The van der Waals surface area contributed by atoms with Crippen molar-refractivity contribution in [1.29, 1.82) is 0 Å². The molecule has 2 aliphatic heterocycles. The molecule has 0 spiro atoms. The standard InChI is InChI=1S/C22H21F2N3S/c1-2-27-12-15(11-14-7-3-5-9-18(14)23)20-17(13-27)21(26-22(28)25-20)16-8-4-6-10-19(16)24/h3-11,17,21H,2,12-13H2,1H3,(H,26,28)/b15-11+. The number of hydrogen-bond donors (Lipinski definition) is 1. The first-order valence-corrected chi connectivity index (χ1v) is 9.79. The van der Waals surface area contributed by atoms with Gasteiger partial charge in [0.25, 0.3) is 0 Å². The monoisotopic (exact) mass is 397 g/mol. The normalized spacial score (nSPS) is 23.9. The highest BCUT2D eigenvalue weighted by Gasteiger charge is 2.39. The van der Waals surface area contributed by atoms with Crippen molar-refractivity contribution in [3.8, 4) is 0 Å². The average Bonchev–Trinajstić information content (AvgIpc) is 2.70. The third kappa shape index (κ3) is 3.62. The Kier molecular flexibility index (Phi) is 5.33. The van der Waals surface area contributed by atoms with Crippen LogP contribution in [0.25, 0.3) is 6.08 Å². The number of aliphatic imine (C=N–C) groups is 1. The first-order chi connectivity index (χ1) is 13.6. The molecular weight excluding hydrogens is 376 g/mol. The van der Waals surface area contributed by atoms with Crippen LogP contribution in [0.1, 0.15) is 24.1 Å². The van der Waals surface area contributed by atoms with E-state index in [9.17, 15) is 8.78 Å². The third-order valence-electron chi connectivity index (χ3n) is 5.35. The van der Waals surface area contributed by atoms with Crippen molar-refractivity contribution in [2.75, 3.05) is 19.6 Å². The Hall–Kier alpha value is -2.44. The number of halogens is 2. The lowest BCUT2D eigenvalue weighted by atomic mass is 9.81. The van der Waals surface area contributed by atoms with E-state index in [1.165, 1.54) is 12.1 Å². The third-order valence-corrected chi connectivity index (χ3v) is 5.56. The van der Waals surface area contributed by atoms with Crippen molar-refractivity contribution in [3.05, 3.63) is 76.9 Å². The quantitative estimate of drug-likeness (QED) is 0.780. The van der Waals surface area contributed by atoms with Crippen LogP contribution < -0.4 is 5.32 Å². The molecule has 2 atom stereocenters. The maximum Gasteiger partial charge on any atom is 0.193 e. The summed E-state index contributed by atoms with van der Waals surface area (Å²) < 4.78 is 28.8. The van der Waals surface area contributed by atoms with E-state index < -0.39 is 0 Å². The van der Waals surface area contributed by atoms with Gasteiger partial charge in [0.1, 0.15) is 11.6 Å². The number of likely N-dealkylation sites (tertiary alicyclic amines) is 1. The fraction of sp³-hybridized carbons (Fsp3) is 0.273. The molecule has 2 aromatic carbocycles. The summed E-state index contributed by atoms with van der Waals surface area (Å²) in [6, 6.07) is 13.1. The summed E-state index contributed by atoms with van der Waals surface area (Å²) in [4.78, 5) is 6.85. The van der Waals surface area contributed by atoms with E-state index >= 15 is 0 Å². The summed E-state index contributed by atoms with van der Waals surface area (Å²) >= 11 is 5.36. The Morgan fingerprint density at radius 1 is 1.14 bits per heavy atom. The molecule has 4 rings (SSSR count). The highest BCUT2D eigenvalue weighted by atomic mass is 32.1. The second-order valence-electron chi connectivity index (χ2n) is 7.07. The Morgan fingerprint density at radius 3 is 2.57 bits per heavy atom. The molecule has 1 fully saturated rings. The number of likely N-dealkylation sites (N-methyl/N-ethyl adjacent to an activating group) is 1. The van der Waals surface area contributed by atoms with Crippen LogP contribution in [0.5, 0.6) is 0 Å². The van der Waals surface area contributed by atoms with E-state index in [4.69, 9.17) is 12.2 Å².